The van der Waals surface area contributed by atoms with E-state index < -0.39 is 5.41 Å². The first-order valence-corrected chi connectivity index (χ1v) is 6.34. The molecule has 0 bridgehead atoms. The molecule has 4 nitrogen and oxygen atoms in total. The maximum absolute atomic E-state index is 11.9. The minimum atomic E-state index is -0.404. The lowest BCUT2D eigenvalue weighted by Gasteiger charge is -2.22. The number of nitrogens with one attached hydrogen (secondary N) is 1. The highest BCUT2D eigenvalue weighted by Gasteiger charge is 2.23. The molecule has 1 atom stereocenters. The summed E-state index contributed by atoms with van der Waals surface area (Å²) in [6.45, 7) is 6.07. The quantitative estimate of drug-likeness (QED) is 0.890. The first-order valence-electron chi connectivity index (χ1n) is 6.34. The molecule has 1 aromatic rings. The number of amides is 1. The first kappa shape index (κ1) is 15.5. The van der Waals surface area contributed by atoms with E-state index in [4.69, 9.17) is 9.47 Å². The van der Waals surface area contributed by atoms with Crippen LogP contribution in [0, 0.1) is 5.41 Å². The Morgan fingerprint density at radius 3 is 2.42 bits per heavy atom. The van der Waals surface area contributed by atoms with Crippen LogP contribution in [0.2, 0.25) is 0 Å². The Morgan fingerprint density at radius 2 is 1.89 bits per heavy atom. The van der Waals surface area contributed by atoms with Crippen LogP contribution in [-0.4, -0.2) is 26.7 Å². The number of ether oxygens (including phenoxy) is 2. The van der Waals surface area contributed by atoms with Crippen molar-refractivity contribution in [2.45, 2.75) is 26.9 Å². The van der Waals surface area contributed by atoms with Gasteiger partial charge in [0.1, 0.15) is 11.9 Å². The maximum atomic E-state index is 11.9. The van der Waals surface area contributed by atoms with E-state index in [0.29, 0.717) is 6.54 Å². The molecule has 0 aliphatic heterocycles. The third-order valence-corrected chi connectivity index (χ3v) is 2.90. The topological polar surface area (TPSA) is 47.6 Å². The molecule has 1 rings (SSSR count). The lowest BCUT2D eigenvalue weighted by Crippen LogP contribution is -2.37. The van der Waals surface area contributed by atoms with Gasteiger partial charge in [-0.2, -0.15) is 0 Å². The summed E-state index contributed by atoms with van der Waals surface area (Å²) in [5.74, 6) is 0.767. The molecule has 0 aliphatic rings. The first-order chi connectivity index (χ1) is 8.90. The van der Waals surface area contributed by atoms with Crippen LogP contribution in [0.4, 0.5) is 0 Å². The van der Waals surface area contributed by atoms with Crippen LogP contribution in [0.3, 0.4) is 0 Å². The van der Waals surface area contributed by atoms with Crippen LogP contribution in [-0.2, 0) is 9.53 Å². The Labute approximate surface area is 115 Å². The van der Waals surface area contributed by atoms with Gasteiger partial charge in [-0.3, -0.25) is 4.79 Å². The zero-order chi connectivity index (χ0) is 14.5. The molecule has 0 fully saturated rings. The average molecular weight is 265 g/mol. The van der Waals surface area contributed by atoms with E-state index in [1.54, 1.807) is 14.2 Å². The van der Waals surface area contributed by atoms with Crippen molar-refractivity contribution in [2.24, 2.45) is 5.41 Å². The number of methoxy groups -OCH3 is 2. The fourth-order valence-electron chi connectivity index (χ4n) is 1.70. The van der Waals surface area contributed by atoms with Crippen molar-refractivity contribution in [3.63, 3.8) is 0 Å². The van der Waals surface area contributed by atoms with E-state index in [-0.39, 0.29) is 12.0 Å². The van der Waals surface area contributed by atoms with Gasteiger partial charge in [-0.1, -0.05) is 39.0 Å². The molecule has 106 valence electrons. The molecule has 1 aromatic carbocycles. The third kappa shape index (κ3) is 4.24. The van der Waals surface area contributed by atoms with Crippen LogP contribution in [0.15, 0.2) is 24.3 Å². The Balaban J connectivity index is 2.76. The van der Waals surface area contributed by atoms with Gasteiger partial charge in [0.15, 0.2) is 0 Å². The van der Waals surface area contributed by atoms with Gasteiger partial charge in [-0.05, 0) is 6.07 Å². The van der Waals surface area contributed by atoms with Gasteiger partial charge in [0.05, 0.1) is 7.11 Å². The van der Waals surface area contributed by atoms with E-state index in [1.165, 1.54) is 0 Å². The minimum absolute atomic E-state index is 0.00412. The van der Waals surface area contributed by atoms with Gasteiger partial charge in [0.2, 0.25) is 5.91 Å². The van der Waals surface area contributed by atoms with E-state index >= 15 is 0 Å². The van der Waals surface area contributed by atoms with Crippen molar-refractivity contribution in [3.05, 3.63) is 29.8 Å². The summed E-state index contributed by atoms with van der Waals surface area (Å²) in [4.78, 5) is 11.9. The Hall–Kier alpha value is -1.55. The molecule has 0 radical (unpaired) electrons. The van der Waals surface area contributed by atoms with Crippen molar-refractivity contribution in [3.8, 4) is 5.75 Å². The summed E-state index contributed by atoms with van der Waals surface area (Å²) in [6, 6.07) is 7.65. The second kappa shape index (κ2) is 6.57. The average Bonchev–Trinajstić information content (AvgIpc) is 2.38. The zero-order valence-corrected chi connectivity index (χ0v) is 12.3. The van der Waals surface area contributed by atoms with E-state index in [2.05, 4.69) is 5.32 Å². The van der Waals surface area contributed by atoms with E-state index in [0.717, 1.165) is 11.3 Å². The smallest absolute Gasteiger partial charge is 0.225 e. The summed E-state index contributed by atoms with van der Waals surface area (Å²) in [7, 11) is 3.25. The van der Waals surface area contributed by atoms with Gasteiger partial charge >= 0.3 is 0 Å². The molecule has 4 heteroatoms. The highest BCUT2D eigenvalue weighted by atomic mass is 16.5. The molecule has 0 spiro atoms. The zero-order valence-electron chi connectivity index (χ0n) is 12.3. The molecule has 1 amide bonds. The third-order valence-electron chi connectivity index (χ3n) is 2.90. The van der Waals surface area contributed by atoms with Crippen molar-refractivity contribution in [1.82, 2.24) is 5.32 Å². The molecule has 19 heavy (non-hydrogen) atoms. The van der Waals surface area contributed by atoms with Crippen LogP contribution < -0.4 is 10.1 Å². The van der Waals surface area contributed by atoms with Crippen LogP contribution >= 0.6 is 0 Å². The van der Waals surface area contributed by atoms with Gasteiger partial charge in [-0.15, -0.1) is 0 Å². The number of hydrogen-bond acceptors (Lipinski definition) is 3. The maximum Gasteiger partial charge on any atom is 0.225 e. The number of hydrogen-bond donors (Lipinski definition) is 1. The molecule has 0 aromatic heterocycles. The summed E-state index contributed by atoms with van der Waals surface area (Å²) in [5.41, 5.74) is 0.528. The number of rotatable bonds is 5. The highest BCUT2D eigenvalue weighted by Crippen LogP contribution is 2.26. The molecule has 0 heterocycles. The molecular weight excluding hydrogens is 242 g/mol. The fraction of sp³-hybridized carbons (Fsp3) is 0.533. The molecule has 0 saturated carbocycles. The predicted octanol–water partition coefficient (Wildman–Crippen LogP) is 2.55. The lowest BCUT2D eigenvalue weighted by atomic mass is 9.95. The number of carbonyl (C=O) groups is 1. The normalized spacial score (nSPS) is 12.9. The molecule has 0 aliphatic carbocycles. The molecular formula is C15H23NO3. The number of para-hydroxylation sites is 1. The second-order valence-electron chi connectivity index (χ2n) is 5.43. The van der Waals surface area contributed by atoms with E-state index in [9.17, 15) is 4.79 Å². The number of benzene rings is 1. The predicted molar refractivity (Wildman–Crippen MR) is 75.2 cm³/mol. The van der Waals surface area contributed by atoms with Crippen molar-refractivity contribution >= 4 is 5.91 Å². The monoisotopic (exact) mass is 265 g/mol. The molecule has 0 saturated heterocycles. The fourth-order valence-corrected chi connectivity index (χ4v) is 1.70. The summed E-state index contributed by atoms with van der Waals surface area (Å²) < 4.78 is 10.8. The summed E-state index contributed by atoms with van der Waals surface area (Å²) >= 11 is 0. The standard InChI is InChI=1S/C15H23NO3/c1-15(2,3)14(17)16-10-13(19-5)11-8-6-7-9-12(11)18-4/h6-9,13H,10H2,1-5H3,(H,16,17)/t13-/m0/s1. The van der Waals surface area contributed by atoms with Gasteiger partial charge in [0, 0.05) is 24.6 Å². The molecule has 0 unspecified atom stereocenters. The van der Waals surface area contributed by atoms with Crippen molar-refractivity contribution < 1.29 is 14.3 Å². The lowest BCUT2D eigenvalue weighted by molar-refractivity contribution is -0.129. The van der Waals surface area contributed by atoms with Gasteiger partial charge < -0.3 is 14.8 Å². The summed E-state index contributed by atoms with van der Waals surface area (Å²) in [6.07, 6.45) is -0.220. The van der Waals surface area contributed by atoms with Gasteiger partial charge in [0.25, 0.3) is 0 Å². The summed E-state index contributed by atoms with van der Waals surface area (Å²) in [5, 5.41) is 2.90. The van der Waals surface area contributed by atoms with Gasteiger partial charge in [-0.25, -0.2) is 0 Å². The van der Waals surface area contributed by atoms with Crippen molar-refractivity contribution in [2.75, 3.05) is 20.8 Å². The van der Waals surface area contributed by atoms with Crippen LogP contribution in [0.1, 0.15) is 32.4 Å². The van der Waals surface area contributed by atoms with E-state index in [1.807, 2.05) is 45.0 Å². The molecule has 1 N–H and O–H groups in total. The highest BCUT2D eigenvalue weighted by molar-refractivity contribution is 5.81. The Bertz CT molecular complexity index is 424. The SMILES string of the molecule is COc1ccccc1[C@H](CNC(=O)C(C)(C)C)OC. The van der Waals surface area contributed by atoms with Crippen molar-refractivity contribution in [1.29, 1.82) is 0 Å². The second-order valence-corrected chi connectivity index (χ2v) is 5.43. The van der Waals surface area contributed by atoms with Crippen LogP contribution in [0.5, 0.6) is 5.75 Å². The number of carbonyl (C=O) groups excluding carboxylic acids is 1. The Kier molecular flexibility index (Phi) is 5.36. The Morgan fingerprint density at radius 1 is 1.26 bits per heavy atom. The minimum Gasteiger partial charge on any atom is -0.496 e. The largest absolute Gasteiger partial charge is 0.496 e. The van der Waals surface area contributed by atoms with Crippen LogP contribution in [0.25, 0.3) is 0 Å².